The quantitative estimate of drug-likeness (QED) is 0.843. The van der Waals surface area contributed by atoms with Crippen molar-refractivity contribution in [1.82, 2.24) is 9.88 Å². The number of hydrogen-bond acceptors (Lipinski definition) is 3. The standard InChI is InChI=1S/C14H18N2O3/c1-2-3-4-7-10-15-13(17)16-11-8-5-6-9-12(11)19-14(16)18/h5-6,8-9H,2-4,7,10H2,1H3,(H,15,17). The van der Waals surface area contributed by atoms with E-state index in [2.05, 4.69) is 12.2 Å². The molecule has 0 saturated carbocycles. The Hall–Kier alpha value is -2.04. The molecule has 1 aromatic carbocycles. The average molecular weight is 262 g/mol. The molecule has 5 heteroatoms. The van der Waals surface area contributed by atoms with E-state index in [0.29, 0.717) is 17.6 Å². The maximum absolute atomic E-state index is 12.0. The second-order valence-electron chi connectivity index (χ2n) is 4.46. The molecular formula is C14H18N2O3. The van der Waals surface area contributed by atoms with E-state index in [1.165, 1.54) is 0 Å². The fourth-order valence-electron chi connectivity index (χ4n) is 1.98. The van der Waals surface area contributed by atoms with Gasteiger partial charge in [-0.2, -0.15) is 4.57 Å². The largest absolute Gasteiger partial charge is 0.428 e. The summed E-state index contributed by atoms with van der Waals surface area (Å²) in [6, 6.07) is 6.46. The van der Waals surface area contributed by atoms with Crippen LogP contribution >= 0.6 is 0 Å². The van der Waals surface area contributed by atoms with Gasteiger partial charge in [-0.15, -0.1) is 0 Å². The Morgan fingerprint density at radius 1 is 1.26 bits per heavy atom. The Kier molecular flexibility index (Phi) is 4.39. The van der Waals surface area contributed by atoms with Crippen molar-refractivity contribution in [2.24, 2.45) is 0 Å². The number of unbranched alkanes of at least 4 members (excludes halogenated alkanes) is 3. The van der Waals surface area contributed by atoms with Crippen LogP contribution < -0.4 is 11.1 Å². The third-order valence-corrected chi connectivity index (χ3v) is 3.00. The minimum atomic E-state index is -0.646. The number of nitrogens with one attached hydrogen (secondary N) is 1. The van der Waals surface area contributed by atoms with Crippen LogP contribution in [0.15, 0.2) is 33.5 Å². The molecule has 0 atom stereocenters. The highest BCUT2D eigenvalue weighted by Crippen LogP contribution is 2.11. The Balaban J connectivity index is 2.05. The Labute approximate surface area is 111 Å². The van der Waals surface area contributed by atoms with Gasteiger partial charge >= 0.3 is 11.8 Å². The Bertz CT molecular complexity index is 612. The van der Waals surface area contributed by atoms with Crippen LogP contribution in [0.3, 0.4) is 0 Å². The van der Waals surface area contributed by atoms with Crippen LogP contribution in [0.1, 0.15) is 32.6 Å². The van der Waals surface area contributed by atoms with Crippen molar-refractivity contribution in [3.63, 3.8) is 0 Å². The highest BCUT2D eigenvalue weighted by molar-refractivity contribution is 5.87. The van der Waals surface area contributed by atoms with Crippen LogP contribution in [0.2, 0.25) is 0 Å². The molecule has 0 radical (unpaired) electrons. The zero-order valence-electron chi connectivity index (χ0n) is 11.0. The molecule has 5 nitrogen and oxygen atoms in total. The van der Waals surface area contributed by atoms with Crippen molar-refractivity contribution >= 4 is 17.1 Å². The maximum atomic E-state index is 12.0. The Morgan fingerprint density at radius 3 is 2.84 bits per heavy atom. The molecule has 1 heterocycles. The van der Waals surface area contributed by atoms with Crippen molar-refractivity contribution in [1.29, 1.82) is 0 Å². The molecule has 2 rings (SSSR count). The summed E-state index contributed by atoms with van der Waals surface area (Å²) in [5.74, 6) is -0.646. The lowest BCUT2D eigenvalue weighted by molar-refractivity contribution is 0.241. The number of aromatic nitrogens is 1. The van der Waals surface area contributed by atoms with Gasteiger partial charge in [0.2, 0.25) is 0 Å². The van der Waals surface area contributed by atoms with E-state index in [4.69, 9.17) is 4.42 Å². The van der Waals surface area contributed by atoms with Crippen LogP contribution in [0.25, 0.3) is 11.1 Å². The SMILES string of the molecule is CCCCCCNC(=O)n1c(=O)oc2ccccc21. The van der Waals surface area contributed by atoms with Crippen LogP contribution in [0.5, 0.6) is 0 Å². The molecule has 0 aliphatic carbocycles. The van der Waals surface area contributed by atoms with E-state index >= 15 is 0 Å². The van der Waals surface area contributed by atoms with Crippen molar-refractivity contribution < 1.29 is 9.21 Å². The average Bonchev–Trinajstić information content (AvgIpc) is 2.74. The molecule has 1 amide bonds. The molecular weight excluding hydrogens is 244 g/mol. The van der Waals surface area contributed by atoms with Gasteiger partial charge in [0.05, 0.1) is 5.52 Å². The molecule has 0 bridgehead atoms. The molecule has 0 aliphatic rings. The summed E-state index contributed by atoms with van der Waals surface area (Å²) in [6.07, 6.45) is 4.31. The first-order valence-electron chi connectivity index (χ1n) is 6.63. The van der Waals surface area contributed by atoms with E-state index in [1.54, 1.807) is 24.3 Å². The monoisotopic (exact) mass is 262 g/mol. The molecule has 2 aromatic rings. The second-order valence-corrected chi connectivity index (χ2v) is 4.46. The third-order valence-electron chi connectivity index (χ3n) is 3.00. The van der Waals surface area contributed by atoms with E-state index in [0.717, 1.165) is 30.3 Å². The molecule has 0 saturated heterocycles. The first kappa shape index (κ1) is 13.4. The van der Waals surface area contributed by atoms with E-state index in [1.807, 2.05) is 0 Å². The predicted molar refractivity (Wildman–Crippen MR) is 73.4 cm³/mol. The highest BCUT2D eigenvalue weighted by Gasteiger charge is 2.14. The lowest BCUT2D eigenvalue weighted by atomic mass is 10.2. The van der Waals surface area contributed by atoms with Gasteiger partial charge in [-0.1, -0.05) is 38.3 Å². The van der Waals surface area contributed by atoms with Gasteiger partial charge in [-0.25, -0.2) is 9.59 Å². The van der Waals surface area contributed by atoms with Gasteiger partial charge in [-0.05, 0) is 18.6 Å². The minimum Gasteiger partial charge on any atom is -0.407 e. The van der Waals surface area contributed by atoms with Gasteiger partial charge in [0.15, 0.2) is 5.58 Å². The second kappa shape index (κ2) is 6.22. The van der Waals surface area contributed by atoms with Gasteiger partial charge < -0.3 is 9.73 Å². The number of hydrogen-bond donors (Lipinski definition) is 1. The number of oxazole rings is 1. The number of amides is 1. The molecule has 0 unspecified atom stereocenters. The normalized spacial score (nSPS) is 10.8. The molecule has 1 N–H and O–H groups in total. The van der Waals surface area contributed by atoms with E-state index in [-0.39, 0.29) is 0 Å². The van der Waals surface area contributed by atoms with Gasteiger partial charge in [0.1, 0.15) is 0 Å². The summed E-state index contributed by atoms with van der Waals surface area (Å²) in [5.41, 5.74) is 0.923. The number of para-hydroxylation sites is 2. The van der Waals surface area contributed by atoms with Crippen LogP contribution in [-0.2, 0) is 0 Å². The zero-order chi connectivity index (χ0) is 13.7. The first-order chi connectivity index (χ1) is 9.24. The first-order valence-corrected chi connectivity index (χ1v) is 6.63. The lowest BCUT2D eigenvalue weighted by Gasteiger charge is -2.04. The molecule has 1 aromatic heterocycles. The summed E-state index contributed by atoms with van der Waals surface area (Å²) in [4.78, 5) is 23.6. The number of nitrogens with zero attached hydrogens (tertiary/aromatic N) is 1. The van der Waals surface area contributed by atoms with Crippen molar-refractivity contribution in [2.45, 2.75) is 32.6 Å². The van der Waals surface area contributed by atoms with Gasteiger partial charge in [0.25, 0.3) is 0 Å². The number of carbonyl (C=O) groups is 1. The number of benzene rings is 1. The number of rotatable bonds is 5. The minimum absolute atomic E-state index is 0.425. The van der Waals surface area contributed by atoms with Gasteiger partial charge in [-0.3, -0.25) is 0 Å². The van der Waals surface area contributed by atoms with Crippen LogP contribution in [0.4, 0.5) is 4.79 Å². The van der Waals surface area contributed by atoms with Crippen molar-refractivity contribution in [3.05, 3.63) is 34.8 Å². The molecule has 19 heavy (non-hydrogen) atoms. The number of fused-ring (bicyclic) bond motifs is 1. The van der Waals surface area contributed by atoms with E-state index in [9.17, 15) is 9.59 Å². The Morgan fingerprint density at radius 2 is 2.05 bits per heavy atom. The smallest absolute Gasteiger partial charge is 0.407 e. The number of carbonyl (C=O) groups excluding carboxylic acids is 1. The summed E-state index contributed by atoms with van der Waals surface area (Å²) >= 11 is 0. The molecule has 102 valence electrons. The van der Waals surface area contributed by atoms with Crippen molar-refractivity contribution in [3.8, 4) is 0 Å². The lowest BCUT2D eigenvalue weighted by Crippen LogP contribution is -2.34. The summed E-state index contributed by atoms with van der Waals surface area (Å²) in [5, 5.41) is 2.74. The fourth-order valence-corrected chi connectivity index (χ4v) is 1.98. The van der Waals surface area contributed by atoms with Crippen LogP contribution in [0, 0.1) is 0 Å². The maximum Gasteiger partial charge on any atom is 0.428 e. The van der Waals surface area contributed by atoms with Crippen molar-refractivity contribution in [2.75, 3.05) is 6.54 Å². The topological polar surface area (TPSA) is 64.2 Å². The van der Waals surface area contributed by atoms with E-state index < -0.39 is 11.8 Å². The summed E-state index contributed by atoms with van der Waals surface area (Å²) < 4.78 is 6.05. The molecule has 0 spiro atoms. The zero-order valence-corrected chi connectivity index (χ0v) is 11.0. The highest BCUT2D eigenvalue weighted by atomic mass is 16.4. The van der Waals surface area contributed by atoms with Crippen LogP contribution in [-0.4, -0.2) is 17.1 Å². The summed E-state index contributed by atoms with van der Waals surface area (Å²) in [6.45, 7) is 2.71. The summed E-state index contributed by atoms with van der Waals surface area (Å²) in [7, 11) is 0. The molecule has 0 aliphatic heterocycles. The molecule has 0 fully saturated rings. The fraction of sp³-hybridized carbons (Fsp3) is 0.429. The third kappa shape index (κ3) is 3.05. The van der Waals surface area contributed by atoms with Gasteiger partial charge in [0, 0.05) is 6.54 Å². The predicted octanol–water partition coefficient (Wildman–Crippen LogP) is 2.73.